The van der Waals surface area contributed by atoms with E-state index in [0.717, 1.165) is 39.0 Å². The van der Waals surface area contributed by atoms with Crippen LogP contribution in [-0.2, 0) is 0 Å². The summed E-state index contributed by atoms with van der Waals surface area (Å²) >= 11 is 0. The Morgan fingerprint density at radius 1 is 0.933 bits per heavy atom. The highest BCUT2D eigenvalue weighted by Crippen LogP contribution is 1.98. The monoisotopic (exact) mass is 218 g/mol. The number of nitrogens with one attached hydrogen (secondary N) is 2. The molecule has 0 aliphatic rings. The van der Waals surface area contributed by atoms with E-state index < -0.39 is 0 Å². The van der Waals surface area contributed by atoms with Crippen LogP contribution >= 0.6 is 0 Å². The molecule has 0 aliphatic heterocycles. The van der Waals surface area contributed by atoms with Crippen LogP contribution in [0.25, 0.3) is 0 Å². The van der Waals surface area contributed by atoms with Crippen LogP contribution in [0.3, 0.4) is 0 Å². The highest BCUT2D eigenvalue weighted by Gasteiger charge is 2.04. The van der Waals surface area contributed by atoms with Crippen LogP contribution in [-0.4, -0.2) is 32.3 Å². The molecule has 4 heteroatoms. The van der Waals surface area contributed by atoms with E-state index in [1.54, 1.807) is 0 Å². The Bertz CT molecular complexity index is 109. The van der Waals surface area contributed by atoms with Crippen molar-refractivity contribution in [3.8, 4) is 0 Å². The molecule has 6 N–H and O–H groups in total. The van der Waals surface area contributed by atoms with E-state index in [4.69, 9.17) is 11.5 Å². The van der Waals surface area contributed by atoms with E-state index in [-0.39, 0.29) is 0 Å². The maximum absolute atomic E-state index is 5.46. The Morgan fingerprint density at radius 3 is 1.87 bits per heavy atom. The number of nitrogens with two attached hydrogens (primary N) is 2. The van der Waals surface area contributed by atoms with Gasteiger partial charge in [0.05, 0.1) is 6.17 Å². The highest BCUT2D eigenvalue weighted by atomic mass is 15.3. The van der Waals surface area contributed by atoms with Crippen LogP contribution in [0.5, 0.6) is 0 Å². The van der Waals surface area contributed by atoms with Crippen LogP contribution in [0.2, 0.25) is 0 Å². The van der Waals surface area contributed by atoms with Gasteiger partial charge in [-0.05, 0) is 45.4 Å². The van der Waals surface area contributed by atoms with Crippen LogP contribution < -0.4 is 22.1 Å². The zero-order valence-corrected chi connectivity index (χ0v) is 10.1. The fraction of sp³-hybridized carbons (Fsp3) is 1.00. The van der Waals surface area contributed by atoms with Crippen molar-refractivity contribution in [2.75, 3.05) is 26.2 Å². The van der Waals surface area contributed by atoms with Gasteiger partial charge in [-0.2, -0.15) is 0 Å². The Morgan fingerprint density at radius 2 is 1.47 bits per heavy atom. The fourth-order valence-electron chi connectivity index (χ4n) is 1.44. The summed E-state index contributed by atoms with van der Waals surface area (Å²) in [7, 11) is 0. The molecule has 0 spiro atoms. The third-order valence-corrected chi connectivity index (χ3v) is 2.39. The summed E-state index contributed by atoms with van der Waals surface area (Å²) in [5.41, 5.74) is 10.9. The maximum Gasteiger partial charge on any atom is 0.0571 e. The zero-order chi connectivity index (χ0) is 11.4. The third kappa shape index (κ3) is 10.1. The van der Waals surface area contributed by atoms with E-state index >= 15 is 0 Å². The molecule has 0 amide bonds. The SMILES string of the molecule is CCCCC(NCCC[15NH2])NCCC[15NH2]. The summed E-state index contributed by atoms with van der Waals surface area (Å²) in [6, 6.07) is 0. The Kier molecular flexibility index (Phi) is 11.8. The first-order chi connectivity index (χ1) is 7.35. The standard InChI is InChI=1S/C11H28N4/c1-2-3-6-11(14-9-4-7-12)15-10-5-8-13/h11,14-15H,2-10,12-13H2,1H3/i12+1,13+1. The van der Waals surface area contributed by atoms with E-state index in [1.165, 1.54) is 19.3 Å². The van der Waals surface area contributed by atoms with Gasteiger partial charge in [0.2, 0.25) is 0 Å². The lowest BCUT2D eigenvalue weighted by Crippen LogP contribution is -2.43. The van der Waals surface area contributed by atoms with Crippen LogP contribution in [0.4, 0.5) is 0 Å². The van der Waals surface area contributed by atoms with Crippen molar-refractivity contribution in [2.45, 2.75) is 45.2 Å². The van der Waals surface area contributed by atoms with Gasteiger partial charge < -0.3 is 22.1 Å². The molecule has 0 unspecified atom stereocenters. The van der Waals surface area contributed by atoms with Crippen molar-refractivity contribution in [2.24, 2.45) is 11.5 Å². The number of rotatable bonds is 11. The van der Waals surface area contributed by atoms with Crippen molar-refractivity contribution < 1.29 is 0 Å². The lowest BCUT2D eigenvalue weighted by Gasteiger charge is -2.20. The normalized spacial score (nSPS) is 11.2. The smallest absolute Gasteiger partial charge is 0.0571 e. The predicted octanol–water partition coefficient (Wildman–Crippen LogP) is 0.380. The van der Waals surface area contributed by atoms with Gasteiger partial charge in [0.15, 0.2) is 0 Å². The van der Waals surface area contributed by atoms with Crippen molar-refractivity contribution in [1.82, 2.24) is 10.6 Å². The fourth-order valence-corrected chi connectivity index (χ4v) is 1.44. The summed E-state index contributed by atoms with van der Waals surface area (Å²) in [5.74, 6) is 0. The Labute approximate surface area is 94.2 Å². The first-order valence-corrected chi connectivity index (χ1v) is 6.22. The molecule has 0 aliphatic carbocycles. The minimum atomic E-state index is 0.433. The summed E-state index contributed by atoms with van der Waals surface area (Å²) < 4.78 is 0. The van der Waals surface area contributed by atoms with Gasteiger partial charge in [-0.3, -0.25) is 0 Å². The molecule has 0 heterocycles. The highest BCUT2D eigenvalue weighted by molar-refractivity contribution is 4.64. The minimum Gasteiger partial charge on any atom is -0.330 e. The molecule has 0 atom stereocenters. The molecule has 92 valence electrons. The quantitative estimate of drug-likeness (QED) is 0.230. The topological polar surface area (TPSA) is 76.1 Å². The maximum atomic E-state index is 5.46. The van der Waals surface area contributed by atoms with Crippen LogP contribution in [0.15, 0.2) is 0 Å². The van der Waals surface area contributed by atoms with E-state index in [1.807, 2.05) is 0 Å². The molecule has 0 saturated heterocycles. The van der Waals surface area contributed by atoms with Crippen LogP contribution in [0, 0.1) is 0 Å². The van der Waals surface area contributed by atoms with Crippen molar-refractivity contribution in [3.63, 3.8) is 0 Å². The van der Waals surface area contributed by atoms with Gasteiger partial charge in [0.25, 0.3) is 0 Å². The summed E-state index contributed by atoms with van der Waals surface area (Å²) in [4.78, 5) is 0. The van der Waals surface area contributed by atoms with Gasteiger partial charge in [-0.25, -0.2) is 0 Å². The molecular weight excluding hydrogens is 190 g/mol. The van der Waals surface area contributed by atoms with Crippen molar-refractivity contribution in [1.29, 1.82) is 0 Å². The molecule has 0 rings (SSSR count). The summed E-state index contributed by atoms with van der Waals surface area (Å²) in [6.07, 6.45) is 6.21. The lowest BCUT2D eigenvalue weighted by atomic mass is 10.2. The molecule has 0 fully saturated rings. The molecule has 0 bridgehead atoms. The second kappa shape index (κ2) is 11.9. The summed E-state index contributed by atoms with van der Waals surface area (Å²) in [6.45, 7) is 5.74. The largest absolute Gasteiger partial charge is 0.330 e. The number of hydrogen-bond acceptors (Lipinski definition) is 4. The first kappa shape index (κ1) is 14.8. The van der Waals surface area contributed by atoms with Crippen LogP contribution in [0.1, 0.15) is 39.0 Å². The average molecular weight is 218 g/mol. The molecular formula is C11H28N4. The van der Waals surface area contributed by atoms with E-state index in [9.17, 15) is 0 Å². The second-order valence-corrected chi connectivity index (χ2v) is 3.89. The second-order valence-electron chi connectivity index (χ2n) is 3.89. The van der Waals surface area contributed by atoms with E-state index in [0.29, 0.717) is 6.17 Å². The Hall–Kier alpha value is -0.160. The Balaban J connectivity index is 3.53. The van der Waals surface area contributed by atoms with Crippen molar-refractivity contribution in [3.05, 3.63) is 0 Å². The number of hydrogen-bond donors (Lipinski definition) is 4. The van der Waals surface area contributed by atoms with Gasteiger partial charge in [-0.1, -0.05) is 19.8 Å². The van der Waals surface area contributed by atoms with Gasteiger partial charge in [0.1, 0.15) is 0 Å². The first-order valence-electron chi connectivity index (χ1n) is 6.22. The molecule has 4 nitrogen and oxygen atoms in total. The molecule has 0 saturated carbocycles. The molecule has 0 aromatic heterocycles. The zero-order valence-electron chi connectivity index (χ0n) is 10.1. The van der Waals surface area contributed by atoms with Gasteiger partial charge in [-0.15, -0.1) is 0 Å². The molecule has 0 aromatic rings. The van der Waals surface area contributed by atoms with Gasteiger partial charge >= 0.3 is 0 Å². The molecule has 0 radical (unpaired) electrons. The lowest BCUT2D eigenvalue weighted by molar-refractivity contribution is 0.388. The van der Waals surface area contributed by atoms with E-state index in [2.05, 4.69) is 17.6 Å². The number of unbranched alkanes of at least 4 members (excludes halogenated alkanes) is 1. The van der Waals surface area contributed by atoms with Crippen molar-refractivity contribution >= 4 is 0 Å². The van der Waals surface area contributed by atoms with Gasteiger partial charge in [0, 0.05) is 0 Å². The predicted molar refractivity (Wildman–Crippen MR) is 66.7 cm³/mol. The molecule has 15 heavy (non-hydrogen) atoms. The average Bonchev–Trinajstić information content (AvgIpc) is 2.25. The summed E-state index contributed by atoms with van der Waals surface area (Å²) in [5, 5.41) is 6.96. The third-order valence-electron chi connectivity index (χ3n) is 2.39. The molecule has 0 aromatic carbocycles. The minimum absolute atomic E-state index is 0.433.